The molecule has 0 heterocycles. The lowest BCUT2D eigenvalue weighted by Crippen LogP contribution is -2.35. The van der Waals surface area contributed by atoms with Crippen LogP contribution in [0.3, 0.4) is 0 Å². The van der Waals surface area contributed by atoms with Gasteiger partial charge in [0.2, 0.25) is 0 Å². The van der Waals surface area contributed by atoms with Gasteiger partial charge in [0.1, 0.15) is 0 Å². The molecule has 0 aromatic heterocycles. The van der Waals surface area contributed by atoms with Gasteiger partial charge < -0.3 is 25.0 Å². The van der Waals surface area contributed by atoms with Crippen LogP contribution in [0.15, 0.2) is 18.2 Å². The van der Waals surface area contributed by atoms with Crippen LogP contribution in [0.4, 0.5) is 0 Å². The van der Waals surface area contributed by atoms with Crippen molar-refractivity contribution >= 4 is 5.91 Å². The fourth-order valence-corrected chi connectivity index (χ4v) is 1.48. The van der Waals surface area contributed by atoms with Crippen LogP contribution < -0.4 is 5.32 Å². The molecule has 0 aliphatic heterocycles. The number of nitrogens with one attached hydrogen (secondary N) is 1. The molecular formula is C13H19NO5. The smallest absolute Gasteiger partial charge is 0.251 e. The quantitative estimate of drug-likeness (QED) is 0.512. The summed E-state index contributed by atoms with van der Waals surface area (Å²) in [5.41, 5.74) is 0.252. The Balaban J connectivity index is 2.56. The summed E-state index contributed by atoms with van der Waals surface area (Å²) < 4.78 is 10.6. The fourth-order valence-electron chi connectivity index (χ4n) is 1.48. The number of rotatable bonds is 7. The van der Waals surface area contributed by atoms with Crippen molar-refractivity contribution in [3.63, 3.8) is 0 Å². The Morgan fingerprint density at radius 1 is 1.21 bits per heavy atom. The lowest BCUT2D eigenvalue weighted by Gasteiger charge is -2.17. The second kappa shape index (κ2) is 7.60. The van der Waals surface area contributed by atoms with Crippen LogP contribution in [0.1, 0.15) is 24.2 Å². The summed E-state index contributed by atoms with van der Waals surface area (Å²) in [6.45, 7) is 4.86. The normalized spacial score (nSPS) is 10.7. The van der Waals surface area contributed by atoms with Crippen LogP contribution in [0, 0.1) is 0 Å². The number of aromatic hydroxyl groups is 2. The zero-order valence-corrected chi connectivity index (χ0v) is 11.0. The van der Waals surface area contributed by atoms with E-state index >= 15 is 0 Å². The van der Waals surface area contributed by atoms with Gasteiger partial charge in [0, 0.05) is 18.8 Å². The Kier molecular flexibility index (Phi) is 6.11. The van der Waals surface area contributed by atoms with Gasteiger partial charge in [-0.3, -0.25) is 4.79 Å². The molecule has 0 atom stereocenters. The van der Waals surface area contributed by atoms with Gasteiger partial charge >= 0.3 is 0 Å². The van der Waals surface area contributed by atoms with Crippen molar-refractivity contribution in [2.75, 3.05) is 19.8 Å². The van der Waals surface area contributed by atoms with Crippen LogP contribution in [0.25, 0.3) is 0 Å². The Morgan fingerprint density at radius 2 is 1.84 bits per heavy atom. The highest BCUT2D eigenvalue weighted by Gasteiger charge is 2.12. The Morgan fingerprint density at radius 3 is 2.37 bits per heavy atom. The maximum Gasteiger partial charge on any atom is 0.251 e. The second-order valence-corrected chi connectivity index (χ2v) is 3.75. The number of ether oxygens (including phenoxy) is 2. The van der Waals surface area contributed by atoms with Gasteiger partial charge in [-0.05, 0) is 32.0 Å². The largest absolute Gasteiger partial charge is 0.504 e. The minimum absolute atomic E-state index is 0.210. The number of carbonyl (C=O) groups is 1. The van der Waals surface area contributed by atoms with E-state index in [0.717, 1.165) is 0 Å². The molecule has 0 spiro atoms. The molecule has 0 bridgehead atoms. The van der Waals surface area contributed by atoms with Crippen molar-refractivity contribution in [2.24, 2.45) is 0 Å². The molecule has 1 aromatic rings. The standard InChI is InChI=1S/C13H19NO5/c1-3-18-12(19-4-2)8-14-13(17)9-5-6-10(15)11(16)7-9/h5-7,12,15-16H,3-4,8H2,1-2H3,(H,14,17). The monoisotopic (exact) mass is 269 g/mol. The third-order valence-electron chi connectivity index (χ3n) is 2.37. The first-order chi connectivity index (χ1) is 9.08. The van der Waals surface area contributed by atoms with Gasteiger partial charge in [-0.25, -0.2) is 0 Å². The molecule has 1 aromatic carbocycles. The van der Waals surface area contributed by atoms with Gasteiger partial charge in [0.05, 0.1) is 6.54 Å². The minimum atomic E-state index is -0.496. The summed E-state index contributed by atoms with van der Waals surface area (Å²) in [7, 11) is 0. The van der Waals surface area contributed by atoms with Crippen molar-refractivity contribution in [3.8, 4) is 11.5 Å². The van der Waals surface area contributed by atoms with Gasteiger partial charge in [-0.2, -0.15) is 0 Å². The van der Waals surface area contributed by atoms with E-state index in [0.29, 0.717) is 13.2 Å². The molecule has 0 aliphatic carbocycles. The molecule has 0 saturated heterocycles. The number of carbonyl (C=O) groups excluding carboxylic acids is 1. The van der Waals surface area contributed by atoms with Crippen molar-refractivity contribution in [3.05, 3.63) is 23.8 Å². The lowest BCUT2D eigenvalue weighted by molar-refractivity contribution is -0.131. The molecule has 0 unspecified atom stereocenters. The number of phenolic OH excluding ortho intramolecular Hbond substituents is 2. The molecule has 6 heteroatoms. The highest BCUT2D eigenvalue weighted by atomic mass is 16.7. The van der Waals surface area contributed by atoms with E-state index in [1.807, 2.05) is 13.8 Å². The molecule has 0 aliphatic rings. The number of hydrogen-bond acceptors (Lipinski definition) is 5. The molecule has 0 radical (unpaired) electrons. The van der Waals surface area contributed by atoms with Crippen molar-refractivity contribution < 1.29 is 24.5 Å². The molecule has 1 rings (SSSR count). The molecule has 0 saturated carbocycles. The summed E-state index contributed by atoms with van der Waals surface area (Å²) >= 11 is 0. The molecule has 3 N–H and O–H groups in total. The summed E-state index contributed by atoms with van der Waals surface area (Å²) in [4.78, 5) is 11.8. The number of amides is 1. The van der Waals surface area contributed by atoms with E-state index in [9.17, 15) is 9.90 Å². The predicted molar refractivity (Wildman–Crippen MR) is 69.1 cm³/mol. The first-order valence-electron chi connectivity index (χ1n) is 6.11. The topological polar surface area (TPSA) is 88.0 Å². The van der Waals surface area contributed by atoms with E-state index in [1.54, 1.807) is 0 Å². The van der Waals surface area contributed by atoms with Crippen LogP contribution in [-0.2, 0) is 9.47 Å². The second-order valence-electron chi connectivity index (χ2n) is 3.75. The van der Waals surface area contributed by atoms with Gasteiger partial charge in [-0.1, -0.05) is 0 Å². The Labute approximate surface area is 112 Å². The third-order valence-corrected chi connectivity index (χ3v) is 2.37. The summed E-state index contributed by atoms with van der Waals surface area (Å²) in [6, 6.07) is 3.87. The molecule has 0 fully saturated rings. The minimum Gasteiger partial charge on any atom is -0.504 e. The van der Waals surface area contributed by atoms with Gasteiger partial charge in [0.25, 0.3) is 5.91 Å². The zero-order valence-electron chi connectivity index (χ0n) is 11.0. The van der Waals surface area contributed by atoms with Crippen molar-refractivity contribution in [2.45, 2.75) is 20.1 Å². The number of hydrogen-bond donors (Lipinski definition) is 3. The first-order valence-corrected chi connectivity index (χ1v) is 6.11. The SMILES string of the molecule is CCOC(CNC(=O)c1ccc(O)c(O)c1)OCC. The Hall–Kier alpha value is -1.79. The van der Waals surface area contributed by atoms with Crippen LogP contribution in [0.2, 0.25) is 0 Å². The van der Waals surface area contributed by atoms with E-state index in [-0.39, 0.29) is 29.5 Å². The predicted octanol–water partition coefficient (Wildman–Crippen LogP) is 1.23. The number of phenols is 2. The molecule has 106 valence electrons. The van der Waals surface area contributed by atoms with Crippen molar-refractivity contribution in [1.82, 2.24) is 5.32 Å². The molecule has 19 heavy (non-hydrogen) atoms. The zero-order chi connectivity index (χ0) is 14.3. The average Bonchev–Trinajstić information content (AvgIpc) is 2.39. The van der Waals surface area contributed by atoms with Gasteiger partial charge in [-0.15, -0.1) is 0 Å². The number of benzene rings is 1. The lowest BCUT2D eigenvalue weighted by atomic mass is 10.2. The van der Waals surface area contributed by atoms with Crippen LogP contribution >= 0.6 is 0 Å². The summed E-state index contributed by atoms with van der Waals surface area (Å²) in [6.07, 6.45) is -0.496. The molecule has 6 nitrogen and oxygen atoms in total. The van der Waals surface area contributed by atoms with E-state index in [1.165, 1.54) is 18.2 Å². The van der Waals surface area contributed by atoms with Crippen LogP contribution in [-0.4, -0.2) is 42.2 Å². The van der Waals surface area contributed by atoms with Gasteiger partial charge in [0.15, 0.2) is 17.8 Å². The van der Waals surface area contributed by atoms with E-state index in [4.69, 9.17) is 14.6 Å². The van der Waals surface area contributed by atoms with Crippen LogP contribution in [0.5, 0.6) is 11.5 Å². The first kappa shape index (κ1) is 15.3. The fraction of sp³-hybridized carbons (Fsp3) is 0.462. The molecular weight excluding hydrogens is 250 g/mol. The molecule has 1 amide bonds. The highest BCUT2D eigenvalue weighted by Crippen LogP contribution is 2.24. The van der Waals surface area contributed by atoms with Crippen molar-refractivity contribution in [1.29, 1.82) is 0 Å². The Bertz CT molecular complexity index is 415. The summed E-state index contributed by atoms with van der Waals surface area (Å²) in [5.74, 6) is -0.975. The summed E-state index contributed by atoms with van der Waals surface area (Å²) in [5, 5.41) is 21.1. The van der Waals surface area contributed by atoms with E-state index in [2.05, 4.69) is 5.32 Å². The highest BCUT2D eigenvalue weighted by molar-refractivity contribution is 5.94. The maximum atomic E-state index is 11.8. The maximum absolute atomic E-state index is 11.8. The van der Waals surface area contributed by atoms with E-state index < -0.39 is 6.29 Å². The third kappa shape index (κ3) is 4.76. The average molecular weight is 269 g/mol.